The molecule has 3 aromatic heterocycles. The van der Waals surface area contributed by atoms with E-state index in [1.807, 2.05) is 12.1 Å². The second-order valence-electron chi connectivity index (χ2n) is 11.1. The topological polar surface area (TPSA) is 106 Å². The first-order chi connectivity index (χ1) is 18.3. The molecular formula is C29H35FN6O2. The number of aromatic nitrogens is 5. The molecule has 0 spiro atoms. The van der Waals surface area contributed by atoms with E-state index in [1.54, 1.807) is 12.4 Å². The number of nitrogens with zero attached hydrogens (tertiary/aromatic N) is 5. The molecule has 8 nitrogen and oxygen atoms in total. The third-order valence-corrected chi connectivity index (χ3v) is 8.24. The number of halogens is 1. The van der Waals surface area contributed by atoms with Gasteiger partial charge in [0.1, 0.15) is 17.4 Å². The van der Waals surface area contributed by atoms with Crippen molar-refractivity contribution in [3.05, 3.63) is 29.7 Å². The highest BCUT2D eigenvalue weighted by molar-refractivity contribution is 5.92. The fourth-order valence-corrected chi connectivity index (χ4v) is 5.63. The van der Waals surface area contributed by atoms with Crippen LogP contribution in [-0.2, 0) is 6.54 Å². The first kappa shape index (κ1) is 26.1. The zero-order chi connectivity index (χ0) is 26.8. The van der Waals surface area contributed by atoms with E-state index in [-0.39, 0.29) is 17.8 Å². The Hall–Kier alpha value is -3.54. The van der Waals surface area contributed by atoms with Crippen molar-refractivity contribution in [2.75, 3.05) is 5.32 Å². The van der Waals surface area contributed by atoms with E-state index in [0.29, 0.717) is 47.1 Å². The monoisotopic (exact) mass is 518 g/mol. The van der Waals surface area contributed by atoms with Crippen LogP contribution in [0.15, 0.2) is 18.3 Å². The molecule has 2 aliphatic carbocycles. The van der Waals surface area contributed by atoms with Gasteiger partial charge in [-0.05, 0) is 80.9 Å². The minimum absolute atomic E-state index is 0.0988. The molecule has 3 aromatic rings. The number of hydrogen-bond donors (Lipinski definition) is 2. The summed E-state index contributed by atoms with van der Waals surface area (Å²) in [6, 6.07) is 4.20. The van der Waals surface area contributed by atoms with Crippen LogP contribution in [0.3, 0.4) is 0 Å². The van der Waals surface area contributed by atoms with Crippen LogP contribution in [0.25, 0.3) is 22.7 Å². The predicted molar refractivity (Wildman–Crippen MR) is 144 cm³/mol. The number of rotatable bonds is 8. The summed E-state index contributed by atoms with van der Waals surface area (Å²) >= 11 is 0. The van der Waals surface area contributed by atoms with E-state index < -0.39 is 5.97 Å². The van der Waals surface area contributed by atoms with Crippen LogP contribution in [0.5, 0.6) is 0 Å². The molecule has 0 amide bonds. The Labute approximate surface area is 222 Å². The van der Waals surface area contributed by atoms with Gasteiger partial charge in [-0.15, -0.1) is 4.39 Å². The summed E-state index contributed by atoms with van der Waals surface area (Å²) < 4.78 is 14.7. The standard InChI is InChI=1S/C29H35FN6O2/c1-17(2)22-12-14-31-23(15-22)28-35-26-24(36(28)16-20-9-7-19(8-10-20)11-13-30)25(33-27(34-26)29(37)38)32-18(3)21-5-4-6-21/h12,14-15,17-21H,4-10,16H2,1-3H3,(H,37,38)(H,32,33,34)/t18-,19-,20-/m1/s1. The van der Waals surface area contributed by atoms with Crippen molar-refractivity contribution in [3.8, 4) is 23.6 Å². The van der Waals surface area contributed by atoms with Gasteiger partial charge < -0.3 is 15.0 Å². The van der Waals surface area contributed by atoms with Crippen LogP contribution in [0.4, 0.5) is 10.2 Å². The Morgan fingerprint density at radius 2 is 1.92 bits per heavy atom. The zero-order valence-electron chi connectivity index (χ0n) is 22.2. The van der Waals surface area contributed by atoms with Gasteiger partial charge in [-0.3, -0.25) is 4.98 Å². The summed E-state index contributed by atoms with van der Waals surface area (Å²) in [7, 11) is 0. The van der Waals surface area contributed by atoms with Gasteiger partial charge >= 0.3 is 5.97 Å². The quantitative estimate of drug-likeness (QED) is 0.350. The van der Waals surface area contributed by atoms with Crippen LogP contribution in [0, 0.1) is 29.8 Å². The second kappa shape index (κ2) is 11.1. The molecule has 200 valence electrons. The van der Waals surface area contributed by atoms with Crippen molar-refractivity contribution in [2.45, 2.75) is 84.2 Å². The van der Waals surface area contributed by atoms with Crippen LogP contribution < -0.4 is 5.32 Å². The number of imidazole rings is 1. The van der Waals surface area contributed by atoms with Crippen LogP contribution in [0.1, 0.15) is 87.8 Å². The molecule has 0 saturated heterocycles. The molecule has 38 heavy (non-hydrogen) atoms. The summed E-state index contributed by atoms with van der Waals surface area (Å²) in [6.45, 7) is 7.06. The van der Waals surface area contributed by atoms with E-state index >= 15 is 0 Å². The van der Waals surface area contributed by atoms with Gasteiger partial charge in [0.15, 0.2) is 17.3 Å². The van der Waals surface area contributed by atoms with Crippen LogP contribution in [-0.4, -0.2) is 41.6 Å². The van der Waals surface area contributed by atoms with Crippen molar-refractivity contribution in [1.29, 1.82) is 0 Å². The molecule has 2 N–H and O–H groups in total. The molecule has 0 unspecified atom stereocenters. The molecule has 0 bridgehead atoms. The van der Waals surface area contributed by atoms with Gasteiger partial charge in [-0.25, -0.2) is 19.7 Å². The van der Waals surface area contributed by atoms with E-state index in [4.69, 9.17) is 4.98 Å². The molecule has 0 aromatic carbocycles. The van der Waals surface area contributed by atoms with Gasteiger partial charge in [0, 0.05) is 24.7 Å². The van der Waals surface area contributed by atoms with Crippen molar-refractivity contribution in [1.82, 2.24) is 24.5 Å². The molecule has 2 fully saturated rings. The minimum Gasteiger partial charge on any atom is -0.475 e. The van der Waals surface area contributed by atoms with Crippen molar-refractivity contribution in [2.24, 2.45) is 17.8 Å². The first-order valence-electron chi connectivity index (χ1n) is 13.7. The van der Waals surface area contributed by atoms with E-state index in [2.05, 4.69) is 51.5 Å². The number of carboxylic acids is 1. The van der Waals surface area contributed by atoms with Gasteiger partial charge in [-0.1, -0.05) is 26.2 Å². The number of fused-ring (bicyclic) bond motifs is 1. The Balaban J connectivity index is 1.62. The Morgan fingerprint density at radius 1 is 1.16 bits per heavy atom. The van der Waals surface area contributed by atoms with Gasteiger partial charge in [0.25, 0.3) is 0 Å². The molecule has 0 aliphatic heterocycles. The Morgan fingerprint density at radius 3 is 2.55 bits per heavy atom. The van der Waals surface area contributed by atoms with Gasteiger partial charge in [-0.2, -0.15) is 0 Å². The predicted octanol–water partition coefficient (Wildman–Crippen LogP) is 6.05. The maximum absolute atomic E-state index is 12.6. The van der Waals surface area contributed by atoms with E-state index in [9.17, 15) is 14.3 Å². The maximum atomic E-state index is 12.6. The van der Waals surface area contributed by atoms with E-state index in [0.717, 1.165) is 49.8 Å². The third-order valence-electron chi connectivity index (χ3n) is 8.24. The molecular weight excluding hydrogens is 483 g/mol. The van der Waals surface area contributed by atoms with Crippen LogP contribution in [0.2, 0.25) is 0 Å². The number of aromatic carboxylic acids is 1. The largest absolute Gasteiger partial charge is 0.475 e. The SMILES string of the molecule is CC(C)c1ccnc(-c2nc3nc(C(=O)O)nc(N[C@H](C)C4CCC4)c3n2C[C@H]2CC[C@H](C#CF)CC2)c1. The van der Waals surface area contributed by atoms with Crippen LogP contribution >= 0.6 is 0 Å². The summed E-state index contributed by atoms with van der Waals surface area (Å²) in [5.74, 6) is 3.67. The second-order valence-corrected chi connectivity index (χ2v) is 11.1. The summed E-state index contributed by atoms with van der Waals surface area (Å²) in [6.07, 6.45) is 10.4. The fourth-order valence-electron chi connectivity index (χ4n) is 5.63. The molecule has 9 heteroatoms. The number of carboxylic acid groups (broad SMARTS) is 1. The highest BCUT2D eigenvalue weighted by Gasteiger charge is 2.29. The van der Waals surface area contributed by atoms with Gasteiger partial charge in [0.05, 0.1) is 0 Å². The average Bonchev–Trinajstić information content (AvgIpc) is 3.22. The smallest absolute Gasteiger partial charge is 0.374 e. The molecule has 2 aliphatic rings. The lowest BCUT2D eigenvalue weighted by molar-refractivity contribution is 0.0684. The number of hydrogen-bond acceptors (Lipinski definition) is 6. The lowest BCUT2D eigenvalue weighted by Gasteiger charge is -2.32. The third kappa shape index (κ3) is 5.35. The number of pyridine rings is 1. The number of anilines is 1. The fraction of sp³-hybridized carbons (Fsp3) is 0.552. The highest BCUT2D eigenvalue weighted by Crippen LogP contribution is 2.36. The van der Waals surface area contributed by atoms with Crippen molar-refractivity contribution in [3.63, 3.8) is 0 Å². The lowest BCUT2D eigenvalue weighted by atomic mass is 9.80. The van der Waals surface area contributed by atoms with Crippen molar-refractivity contribution < 1.29 is 14.3 Å². The summed E-state index contributed by atoms with van der Waals surface area (Å²) in [5, 5.41) is 13.3. The molecule has 1 atom stereocenters. The molecule has 3 heterocycles. The summed E-state index contributed by atoms with van der Waals surface area (Å²) in [4.78, 5) is 30.2. The number of nitrogens with one attached hydrogen (secondary N) is 1. The zero-order valence-corrected chi connectivity index (χ0v) is 22.2. The first-order valence-corrected chi connectivity index (χ1v) is 13.7. The minimum atomic E-state index is -1.19. The maximum Gasteiger partial charge on any atom is 0.374 e. The molecule has 0 radical (unpaired) electrons. The number of carbonyl (C=O) groups is 1. The highest BCUT2D eigenvalue weighted by atomic mass is 19.1. The Bertz CT molecular complexity index is 1380. The summed E-state index contributed by atoms with van der Waals surface area (Å²) in [5.41, 5.74) is 2.93. The van der Waals surface area contributed by atoms with Crippen molar-refractivity contribution >= 4 is 23.0 Å². The normalized spacial score (nSPS) is 20.6. The lowest BCUT2D eigenvalue weighted by Crippen LogP contribution is -2.31. The molecule has 5 rings (SSSR count). The molecule has 2 saturated carbocycles. The van der Waals surface area contributed by atoms with Gasteiger partial charge in [0.2, 0.25) is 5.82 Å². The van der Waals surface area contributed by atoms with E-state index in [1.165, 1.54) is 6.42 Å². The average molecular weight is 519 g/mol. The Kier molecular flexibility index (Phi) is 7.59.